The van der Waals surface area contributed by atoms with Crippen LogP contribution in [0, 0.1) is 11.8 Å². The predicted molar refractivity (Wildman–Crippen MR) is 78.2 cm³/mol. The quantitative estimate of drug-likeness (QED) is 0.634. The van der Waals surface area contributed by atoms with Gasteiger partial charge in [0.1, 0.15) is 0 Å². The van der Waals surface area contributed by atoms with Crippen molar-refractivity contribution >= 4 is 11.9 Å². The summed E-state index contributed by atoms with van der Waals surface area (Å²) >= 11 is 0. The number of amides is 1. The van der Waals surface area contributed by atoms with Crippen molar-refractivity contribution in [2.45, 2.75) is 64.3 Å². The van der Waals surface area contributed by atoms with Gasteiger partial charge in [0.15, 0.2) is 0 Å². The molecule has 0 bridgehead atoms. The van der Waals surface area contributed by atoms with Gasteiger partial charge in [-0.2, -0.15) is 0 Å². The Labute approximate surface area is 121 Å². The molecular formula is C15H28N2O3. The van der Waals surface area contributed by atoms with E-state index in [1.54, 1.807) is 0 Å². The van der Waals surface area contributed by atoms with Gasteiger partial charge in [0.25, 0.3) is 0 Å². The monoisotopic (exact) mass is 284 g/mol. The van der Waals surface area contributed by atoms with Crippen LogP contribution in [0.5, 0.6) is 0 Å². The Balaban J connectivity index is 2.55. The summed E-state index contributed by atoms with van der Waals surface area (Å²) in [5.41, 5.74) is 5.19. The first kappa shape index (κ1) is 17.0. The highest BCUT2D eigenvalue weighted by molar-refractivity contribution is 5.78. The van der Waals surface area contributed by atoms with E-state index < -0.39 is 11.5 Å². The number of rotatable bonds is 8. The van der Waals surface area contributed by atoms with E-state index in [1.165, 1.54) is 0 Å². The molecule has 5 nitrogen and oxygen atoms in total. The summed E-state index contributed by atoms with van der Waals surface area (Å²) in [5.74, 6) is -0.205. The number of nitrogens with two attached hydrogens (primary N) is 1. The molecule has 1 fully saturated rings. The molecule has 5 heteroatoms. The highest BCUT2D eigenvalue weighted by Crippen LogP contribution is 2.33. The van der Waals surface area contributed by atoms with Crippen LogP contribution in [0.15, 0.2) is 0 Å². The number of carboxylic acid groups (broad SMARTS) is 1. The van der Waals surface area contributed by atoms with Gasteiger partial charge in [0.2, 0.25) is 5.91 Å². The lowest BCUT2D eigenvalue weighted by molar-refractivity contribution is -0.139. The Morgan fingerprint density at radius 2 is 1.90 bits per heavy atom. The summed E-state index contributed by atoms with van der Waals surface area (Å²) < 4.78 is 0. The van der Waals surface area contributed by atoms with Crippen LogP contribution in [-0.2, 0) is 9.59 Å². The minimum atomic E-state index is -0.843. The van der Waals surface area contributed by atoms with Crippen molar-refractivity contribution in [3.05, 3.63) is 0 Å². The molecule has 1 atom stereocenters. The van der Waals surface area contributed by atoms with Gasteiger partial charge in [-0.3, -0.25) is 9.59 Å². The van der Waals surface area contributed by atoms with Crippen molar-refractivity contribution < 1.29 is 14.7 Å². The summed E-state index contributed by atoms with van der Waals surface area (Å²) in [4.78, 5) is 23.2. The lowest BCUT2D eigenvalue weighted by atomic mass is 9.90. The Bertz CT molecular complexity index is 336. The third-order valence-corrected chi connectivity index (χ3v) is 4.07. The van der Waals surface area contributed by atoms with Crippen LogP contribution in [0.25, 0.3) is 0 Å². The summed E-state index contributed by atoms with van der Waals surface area (Å²) in [6, 6.07) is 0. The molecule has 1 saturated carbocycles. The van der Waals surface area contributed by atoms with Crippen molar-refractivity contribution in [2.75, 3.05) is 6.54 Å². The molecular weight excluding hydrogens is 256 g/mol. The molecule has 4 N–H and O–H groups in total. The molecule has 0 radical (unpaired) electrons. The summed E-state index contributed by atoms with van der Waals surface area (Å²) in [6.45, 7) is 4.73. The number of aliphatic carboxylic acids is 1. The largest absolute Gasteiger partial charge is 0.481 e. The van der Waals surface area contributed by atoms with Crippen LogP contribution in [0.3, 0.4) is 0 Å². The number of hydrogen-bond acceptors (Lipinski definition) is 3. The van der Waals surface area contributed by atoms with Crippen LogP contribution >= 0.6 is 0 Å². The third kappa shape index (κ3) is 5.49. The average Bonchev–Trinajstić information content (AvgIpc) is 2.74. The maximum atomic E-state index is 12.2. The molecule has 1 amide bonds. The molecule has 116 valence electrons. The van der Waals surface area contributed by atoms with E-state index in [-0.39, 0.29) is 18.2 Å². The maximum Gasteiger partial charge on any atom is 0.305 e. The molecule has 1 rings (SSSR count). The Hall–Kier alpha value is -1.10. The standard InChI is InChI=1S/C15H28N2O3/c1-11(2)7-12(10-16)8-13(18)17-15(9-14(19)20)5-3-4-6-15/h11-12H,3-10,16H2,1-2H3,(H,17,18)(H,19,20). The molecule has 0 spiro atoms. The van der Waals surface area contributed by atoms with Gasteiger partial charge >= 0.3 is 5.97 Å². The van der Waals surface area contributed by atoms with Crippen molar-refractivity contribution in [1.82, 2.24) is 5.32 Å². The Kier molecular flexibility index (Phi) is 6.46. The Morgan fingerprint density at radius 1 is 1.30 bits per heavy atom. The van der Waals surface area contributed by atoms with E-state index >= 15 is 0 Å². The van der Waals surface area contributed by atoms with Gasteiger partial charge in [0, 0.05) is 6.42 Å². The van der Waals surface area contributed by atoms with Gasteiger partial charge in [-0.1, -0.05) is 26.7 Å². The van der Waals surface area contributed by atoms with Crippen molar-refractivity contribution in [3.8, 4) is 0 Å². The average molecular weight is 284 g/mol. The molecule has 1 unspecified atom stereocenters. The van der Waals surface area contributed by atoms with E-state index in [0.29, 0.717) is 18.9 Å². The van der Waals surface area contributed by atoms with E-state index in [0.717, 1.165) is 32.1 Å². The van der Waals surface area contributed by atoms with Crippen molar-refractivity contribution in [1.29, 1.82) is 0 Å². The fourth-order valence-corrected chi connectivity index (χ4v) is 3.23. The molecule has 0 aliphatic heterocycles. The highest BCUT2D eigenvalue weighted by atomic mass is 16.4. The topological polar surface area (TPSA) is 92.4 Å². The fraction of sp³-hybridized carbons (Fsp3) is 0.867. The zero-order valence-corrected chi connectivity index (χ0v) is 12.7. The summed E-state index contributed by atoms with van der Waals surface area (Å²) in [6.07, 6.45) is 4.85. The smallest absolute Gasteiger partial charge is 0.305 e. The van der Waals surface area contributed by atoms with E-state index in [4.69, 9.17) is 10.8 Å². The second kappa shape index (κ2) is 7.62. The van der Waals surface area contributed by atoms with Crippen LogP contribution in [-0.4, -0.2) is 29.1 Å². The van der Waals surface area contributed by atoms with Crippen LogP contribution in [0.2, 0.25) is 0 Å². The minimum absolute atomic E-state index is 0.0240. The maximum absolute atomic E-state index is 12.2. The number of hydrogen-bond donors (Lipinski definition) is 3. The van der Waals surface area contributed by atoms with Gasteiger partial charge in [-0.15, -0.1) is 0 Å². The normalized spacial score (nSPS) is 19.0. The molecule has 1 aliphatic carbocycles. The zero-order chi connectivity index (χ0) is 15.2. The first-order valence-electron chi connectivity index (χ1n) is 7.60. The highest BCUT2D eigenvalue weighted by Gasteiger charge is 2.37. The third-order valence-electron chi connectivity index (χ3n) is 4.07. The molecule has 20 heavy (non-hydrogen) atoms. The molecule has 0 saturated heterocycles. The first-order valence-corrected chi connectivity index (χ1v) is 7.60. The van der Waals surface area contributed by atoms with Gasteiger partial charge in [-0.25, -0.2) is 0 Å². The second-order valence-electron chi connectivity index (χ2n) is 6.54. The van der Waals surface area contributed by atoms with Crippen molar-refractivity contribution in [2.24, 2.45) is 17.6 Å². The zero-order valence-electron chi connectivity index (χ0n) is 12.7. The molecule has 0 aromatic carbocycles. The van der Waals surface area contributed by atoms with Crippen LogP contribution < -0.4 is 11.1 Å². The molecule has 0 heterocycles. The molecule has 0 aromatic heterocycles. The van der Waals surface area contributed by atoms with E-state index in [2.05, 4.69) is 19.2 Å². The lowest BCUT2D eigenvalue weighted by Gasteiger charge is -2.29. The summed E-state index contributed by atoms with van der Waals surface area (Å²) in [5, 5.41) is 12.0. The molecule has 1 aliphatic rings. The number of carboxylic acids is 1. The first-order chi connectivity index (χ1) is 9.37. The number of carbonyl (C=O) groups is 2. The van der Waals surface area contributed by atoms with E-state index in [9.17, 15) is 9.59 Å². The number of carbonyl (C=O) groups excluding carboxylic acids is 1. The van der Waals surface area contributed by atoms with Gasteiger partial charge < -0.3 is 16.2 Å². The molecule has 0 aromatic rings. The SMILES string of the molecule is CC(C)CC(CN)CC(=O)NC1(CC(=O)O)CCCC1. The summed E-state index contributed by atoms with van der Waals surface area (Å²) in [7, 11) is 0. The van der Waals surface area contributed by atoms with Crippen molar-refractivity contribution in [3.63, 3.8) is 0 Å². The Morgan fingerprint density at radius 3 is 2.35 bits per heavy atom. The van der Waals surface area contributed by atoms with Gasteiger partial charge in [-0.05, 0) is 37.6 Å². The predicted octanol–water partition coefficient (Wildman–Crippen LogP) is 1.90. The second-order valence-corrected chi connectivity index (χ2v) is 6.54. The lowest BCUT2D eigenvalue weighted by Crippen LogP contribution is -2.48. The van der Waals surface area contributed by atoms with Gasteiger partial charge in [0.05, 0.1) is 12.0 Å². The fourth-order valence-electron chi connectivity index (χ4n) is 3.23. The van der Waals surface area contributed by atoms with Crippen LogP contribution in [0.4, 0.5) is 0 Å². The number of nitrogens with one attached hydrogen (secondary N) is 1. The van der Waals surface area contributed by atoms with Crippen LogP contribution in [0.1, 0.15) is 58.8 Å². The van der Waals surface area contributed by atoms with E-state index in [1.807, 2.05) is 0 Å². The minimum Gasteiger partial charge on any atom is -0.481 e.